The Morgan fingerprint density at radius 3 is 3.00 bits per heavy atom. The molecule has 3 N–H and O–H groups in total. The third kappa shape index (κ3) is 3.61. The average molecular weight is 264 g/mol. The van der Waals surface area contributed by atoms with Crippen LogP contribution in [-0.2, 0) is 6.54 Å². The highest BCUT2D eigenvalue weighted by molar-refractivity contribution is 5.48. The molecule has 0 aliphatic carbocycles. The lowest BCUT2D eigenvalue weighted by Gasteiger charge is -2.35. The number of hydrogen-bond acceptors (Lipinski definition) is 4. The van der Waals surface area contributed by atoms with Gasteiger partial charge < -0.3 is 15.6 Å². The first kappa shape index (κ1) is 14.2. The second-order valence-corrected chi connectivity index (χ2v) is 5.20. The number of methoxy groups -OCH3 is 1. The van der Waals surface area contributed by atoms with Gasteiger partial charge in [0.25, 0.3) is 0 Å². The summed E-state index contributed by atoms with van der Waals surface area (Å²) in [7, 11) is 1.68. The van der Waals surface area contributed by atoms with Gasteiger partial charge >= 0.3 is 0 Å². The Hall–Kier alpha value is -1.26. The van der Waals surface area contributed by atoms with E-state index >= 15 is 0 Å². The lowest BCUT2D eigenvalue weighted by atomic mass is 9.98. The fraction of sp³-hybridized carbons (Fsp3) is 0.600. The van der Waals surface area contributed by atoms with Gasteiger partial charge in [0.15, 0.2) is 0 Å². The van der Waals surface area contributed by atoms with Crippen LogP contribution in [0.1, 0.15) is 31.2 Å². The van der Waals surface area contributed by atoms with Gasteiger partial charge in [-0.05, 0) is 31.9 Å². The lowest BCUT2D eigenvalue weighted by molar-refractivity contribution is 0.111. The van der Waals surface area contributed by atoms with E-state index in [1.54, 1.807) is 7.11 Å². The summed E-state index contributed by atoms with van der Waals surface area (Å²) < 4.78 is 5.41. The third-order valence-corrected chi connectivity index (χ3v) is 3.90. The van der Waals surface area contributed by atoms with Crippen molar-refractivity contribution in [2.45, 2.75) is 38.3 Å². The summed E-state index contributed by atoms with van der Waals surface area (Å²) in [5, 5.41) is 9.17. The number of nitrogen functional groups attached to an aromatic ring is 1. The minimum Gasteiger partial charge on any atom is -0.496 e. The summed E-state index contributed by atoms with van der Waals surface area (Å²) >= 11 is 0. The van der Waals surface area contributed by atoms with Crippen LogP contribution in [0.3, 0.4) is 0 Å². The minimum absolute atomic E-state index is 0.264. The zero-order chi connectivity index (χ0) is 13.7. The van der Waals surface area contributed by atoms with Gasteiger partial charge in [-0.2, -0.15) is 0 Å². The molecule has 1 heterocycles. The number of nitrogens with zero attached hydrogens (tertiary/aromatic N) is 1. The van der Waals surface area contributed by atoms with E-state index in [9.17, 15) is 5.11 Å². The van der Waals surface area contributed by atoms with Crippen LogP contribution in [0.4, 0.5) is 5.69 Å². The first-order chi connectivity index (χ1) is 9.24. The number of aliphatic hydroxyl groups is 1. The standard InChI is InChI=1S/C15H24N2O2/c1-19-15-10-13(16)6-5-12(15)11-17-8-3-2-4-14(17)7-9-18/h5-6,10,14,18H,2-4,7-9,11,16H2,1H3. The fourth-order valence-electron chi connectivity index (χ4n) is 2.85. The van der Waals surface area contributed by atoms with Crippen molar-refractivity contribution >= 4 is 5.69 Å². The maximum Gasteiger partial charge on any atom is 0.125 e. The van der Waals surface area contributed by atoms with E-state index in [0.717, 1.165) is 30.9 Å². The number of hydrogen-bond donors (Lipinski definition) is 2. The van der Waals surface area contributed by atoms with Crippen LogP contribution in [0.25, 0.3) is 0 Å². The molecule has 4 nitrogen and oxygen atoms in total. The Labute approximate surface area is 115 Å². The first-order valence-electron chi connectivity index (χ1n) is 7.02. The molecule has 19 heavy (non-hydrogen) atoms. The quantitative estimate of drug-likeness (QED) is 0.799. The molecule has 0 bridgehead atoms. The molecule has 0 saturated carbocycles. The summed E-state index contributed by atoms with van der Waals surface area (Å²) in [6.45, 7) is 2.23. The number of piperidine rings is 1. The Kier molecular flexibility index (Phi) is 5.05. The van der Waals surface area contributed by atoms with E-state index in [4.69, 9.17) is 10.5 Å². The van der Waals surface area contributed by atoms with Crippen molar-refractivity contribution in [2.24, 2.45) is 0 Å². The molecule has 0 amide bonds. The number of nitrogens with two attached hydrogens (primary N) is 1. The van der Waals surface area contributed by atoms with Crippen LogP contribution in [0, 0.1) is 0 Å². The molecule has 1 saturated heterocycles. The van der Waals surface area contributed by atoms with E-state index in [1.807, 2.05) is 18.2 Å². The lowest BCUT2D eigenvalue weighted by Crippen LogP contribution is -2.39. The number of anilines is 1. The van der Waals surface area contributed by atoms with Crippen LogP contribution in [0.15, 0.2) is 18.2 Å². The Morgan fingerprint density at radius 2 is 2.26 bits per heavy atom. The normalized spacial score (nSPS) is 20.4. The average Bonchev–Trinajstić information content (AvgIpc) is 2.43. The van der Waals surface area contributed by atoms with Gasteiger partial charge in [-0.1, -0.05) is 12.5 Å². The summed E-state index contributed by atoms with van der Waals surface area (Å²) in [6, 6.07) is 6.32. The predicted molar refractivity (Wildman–Crippen MR) is 77.2 cm³/mol. The Balaban J connectivity index is 2.10. The van der Waals surface area contributed by atoms with Crippen molar-refractivity contribution in [3.8, 4) is 5.75 Å². The van der Waals surface area contributed by atoms with Gasteiger partial charge in [0.1, 0.15) is 5.75 Å². The molecule has 4 heteroatoms. The molecule has 1 unspecified atom stereocenters. The van der Waals surface area contributed by atoms with Crippen LogP contribution in [0.2, 0.25) is 0 Å². The van der Waals surface area contributed by atoms with E-state index < -0.39 is 0 Å². The molecular weight excluding hydrogens is 240 g/mol. The van der Waals surface area contributed by atoms with E-state index in [-0.39, 0.29) is 6.61 Å². The van der Waals surface area contributed by atoms with Crippen molar-refractivity contribution in [1.82, 2.24) is 4.90 Å². The van der Waals surface area contributed by atoms with Crippen molar-refractivity contribution < 1.29 is 9.84 Å². The largest absolute Gasteiger partial charge is 0.496 e. The van der Waals surface area contributed by atoms with Crippen molar-refractivity contribution in [1.29, 1.82) is 0 Å². The third-order valence-electron chi connectivity index (χ3n) is 3.90. The maximum atomic E-state index is 9.17. The van der Waals surface area contributed by atoms with Crippen molar-refractivity contribution in [2.75, 3.05) is 26.0 Å². The highest BCUT2D eigenvalue weighted by Crippen LogP contribution is 2.27. The fourth-order valence-corrected chi connectivity index (χ4v) is 2.85. The minimum atomic E-state index is 0.264. The van der Waals surface area contributed by atoms with Crippen LogP contribution >= 0.6 is 0 Å². The van der Waals surface area contributed by atoms with Crippen LogP contribution in [-0.4, -0.2) is 36.3 Å². The molecule has 1 aromatic carbocycles. The number of benzene rings is 1. The summed E-state index contributed by atoms with van der Waals surface area (Å²) in [6.07, 6.45) is 4.54. The molecule has 1 fully saturated rings. The zero-order valence-electron chi connectivity index (χ0n) is 11.6. The van der Waals surface area contributed by atoms with E-state index in [2.05, 4.69) is 4.90 Å². The maximum absolute atomic E-state index is 9.17. The smallest absolute Gasteiger partial charge is 0.125 e. The SMILES string of the molecule is COc1cc(N)ccc1CN1CCCCC1CCO. The van der Waals surface area contributed by atoms with Crippen molar-refractivity contribution in [3.63, 3.8) is 0 Å². The first-order valence-corrected chi connectivity index (χ1v) is 7.02. The molecule has 1 atom stereocenters. The van der Waals surface area contributed by atoms with E-state index in [0.29, 0.717) is 6.04 Å². The molecule has 2 rings (SSSR count). The van der Waals surface area contributed by atoms with Gasteiger partial charge in [-0.3, -0.25) is 4.90 Å². The molecule has 1 aliphatic heterocycles. The second-order valence-electron chi connectivity index (χ2n) is 5.20. The molecule has 0 spiro atoms. The van der Waals surface area contributed by atoms with Gasteiger partial charge in [-0.25, -0.2) is 0 Å². The zero-order valence-corrected chi connectivity index (χ0v) is 11.6. The highest BCUT2D eigenvalue weighted by atomic mass is 16.5. The number of likely N-dealkylation sites (tertiary alicyclic amines) is 1. The van der Waals surface area contributed by atoms with Crippen LogP contribution in [0.5, 0.6) is 5.75 Å². The predicted octanol–water partition coefficient (Wildman–Crippen LogP) is 2.01. The molecular formula is C15H24N2O2. The van der Waals surface area contributed by atoms with Gasteiger partial charge in [0, 0.05) is 36.5 Å². The molecule has 106 valence electrons. The topological polar surface area (TPSA) is 58.7 Å². The monoisotopic (exact) mass is 264 g/mol. The van der Waals surface area contributed by atoms with Gasteiger partial charge in [0.05, 0.1) is 7.11 Å². The summed E-state index contributed by atoms with van der Waals surface area (Å²) in [4.78, 5) is 2.45. The summed E-state index contributed by atoms with van der Waals surface area (Å²) in [5.74, 6) is 0.855. The number of aliphatic hydroxyl groups excluding tert-OH is 1. The molecule has 1 aromatic rings. The Bertz CT molecular complexity index is 407. The molecule has 0 radical (unpaired) electrons. The number of ether oxygens (including phenoxy) is 1. The van der Waals surface area contributed by atoms with Gasteiger partial charge in [0.2, 0.25) is 0 Å². The molecule has 1 aliphatic rings. The second kappa shape index (κ2) is 6.78. The Morgan fingerprint density at radius 1 is 1.42 bits per heavy atom. The number of rotatable bonds is 5. The molecule has 0 aromatic heterocycles. The highest BCUT2D eigenvalue weighted by Gasteiger charge is 2.22. The summed E-state index contributed by atoms with van der Waals surface area (Å²) in [5.41, 5.74) is 7.68. The van der Waals surface area contributed by atoms with E-state index in [1.165, 1.54) is 24.8 Å². The van der Waals surface area contributed by atoms with Crippen molar-refractivity contribution in [3.05, 3.63) is 23.8 Å². The van der Waals surface area contributed by atoms with Gasteiger partial charge in [-0.15, -0.1) is 0 Å². The van der Waals surface area contributed by atoms with Crippen LogP contribution < -0.4 is 10.5 Å².